The molecule has 0 atom stereocenters. The molecule has 0 fully saturated rings. The van der Waals surface area contributed by atoms with Gasteiger partial charge in [-0.2, -0.15) is 0 Å². The van der Waals surface area contributed by atoms with E-state index >= 15 is 0 Å². The average molecular weight is 209 g/mol. The van der Waals surface area contributed by atoms with E-state index in [0.717, 1.165) is 0 Å². The van der Waals surface area contributed by atoms with Gasteiger partial charge in [-0.1, -0.05) is 6.07 Å². The molecule has 0 spiro atoms. The summed E-state index contributed by atoms with van der Waals surface area (Å²) in [5.41, 5.74) is 5.64. The molecule has 0 aliphatic heterocycles. The van der Waals surface area contributed by atoms with Crippen LogP contribution in [0.25, 0.3) is 0 Å². The summed E-state index contributed by atoms with van der Waals surface area (Å²) in [4.78, 5) is 21.6. The molecule has 0 aromatic heterocycles. The highest BCUT2D eigenvalue weighted by Gasteiger charge is 2.09. The van der Waals surface area contributed by atoms with Crippen LogP contribution in [-0.4, -0.2) is 23.6 Å². The number of phenols is 1. The number of rotatable bonds is 3. The van der Waals surface area contributed by atoms with Crippen LogP contribution < -0.4 is 5.73 Å². The second kappa shape index (κ2) is 4.45. The number of hydrogen-bond acceptors (Lipinski definition) is 4. The highest BCUT2D eigenvalue weighted by molar-refractivity contribution is 5.91. The van der Waals surface area contributed by atoms with Gasteiger partial charge in [0.1, 0.15) is 5.75 Å². The van der Waals surface area contributed by atoms with Gasteiger partial charge in [0.15, 0.2) is 6.61 Å². The van der Waals surface area contributed by atoms with Crippen molar-refractivity contribution in [1.82, 2.24) is 0 Å². The van der Waals surface area contributed by atoms with E-state index in [1.54, 1.807) is 13.0 Å². The molecule has 1 aromatic carbocycles. The number of aryl methyl sites for hydroxylation is 1. The molecule has 5 nitrogen and oxygen atoms in total. The second-order valence-electron chi connectivity index (χ2n) is 3.04. The molecule has 0 bridgehead atoms. The molecule has 15 heavy (non-hydrogen) atoms. The van der Waals surface area contributed by atoms with E-state index < -0.39 is 18.5 Å². The van der Waals surface area contributed by atoms with Gasteiger partial charge in [-0.25, -0.2) is 4.79 Å². The van der Waals surface area contributed by atoms with E-state index in [9.17, 15) is 14.7 Å². The van der Waals surface area contributed by atoms with Gasteiger partial charge in [-0.05, 0) is 24.6 Å². The van der Waals surface area contributed by atoms with Crippen LogP contribution in [0.4, 0.5) is 0 Å². The van der Waals surface area contributed by atoms with Gasteiger partial charge in [-0.3, -0.25) is 4.79 Å². The molecule has 80 valence electrons. The molecule has 0 aliphatic rings. The van der Waals surface area contributed by atoms with Gasteiger partial charge in [0.2, 0.25) is 0 Å². The summed E-state index contributed by atoms with van der Waals surface area (Å²) in [7, 11) is 0. The first-order valence-corrected chi connectivity index (χ1v) is 4.25. The Hall–Kier alpha value is -2.04. The maximum absolute atomic E-state index is 11.3. The standard InChI is InChI=1S/C10H11NO4/c1-6-2-3-7(4-8(6)12)10(14)15-5-9(11)13/h2-4,12H,5H2,1H3,(H2,11,13). The Kier molecular flexibility index (Phi) is 3.28. The maximum atomic E-state index is 11.3. The van der Waals surface area contributed by atoms with Crippen molar-refractivity contribution in [1.29, 1.82) is 0 Å². The van der Waals surface area contributed by atoms with Gasteiger partial charge in [0.05, 0.1) is 5.56 Å². The molecule has 0 saturated heterocycles. The summed E-state index contributed by atoms with van der Waals surface area (Å²) in [6.07, 6.45) is 0. The Morgan fingerprint density at radius 3 is 2.67 bits per heavy atom. The number of hydrogen-bond donors (Lipinski definition) is 2. The zero-order valence-corrected chi connectivity index (χ0v) is 8.19. The van der Waals surface area contributed by atoms with Gasteiger partial charge < -0.3 is 15.6 Å². The van der Waals surface area contributed by atoms with E-state index in [1.807, 2.05) is 0 Å². The van der Waals surface area contributed by atoms with Crippen LogP contribution in [0.1, 0.15) is 15.9 Å². The highest BCUT2D eigenvalue weighted by Crippen LogP contribution is 2.17. The molecular weight excluding hydrogens is 198 g/mol. The van der Waals surface area contributed by atoms with Crippen LogP contribution in [0.5, 0.6) is 5.75 Å². The first kappa shape index (κ1) is 11.0. The van der Waals surface area contributed by atoms with Crippen molar-refractivity contribution >= 4 is 11.9 Å². The lowest BCUT2D eigenvalue weighted by Gasteiger charge is -2.04. The average Bonchev–Trinajstić information content (AvgIpc) is 2.18. The Morgan fingerprint density at radius 2 is 2.13 bits per heavy atom. The van der Waals surface area contributed by atoms with Crippen molar-refractivity contribution in [2.45, 2.75) is 6.92 Å². The molecule has 0 saturated carbocycles. The topological polar surface area (TPSA) is 89.6 Å². The smallest absolute Gasteiger partial charge is 0.338 e. The quantitative estimate of drug-likeness (QED) is 0.702. The third kappa shape index (κ3) is 2.98. The van der Waals surface area contributed by atoms with E-state index in [4.69, 9.17) is 5.73 Å². The molecule has 5 heteroatoms. The number of amides is 1. The van der Waals surface area contributed by atoms with E-state index in [0.29, 0.717) is 5.56 Å². The van der Waals surface area contributed by atoms with Crippen LogP contribution in [0.3, 0.4) is 0 Å². The number of benzene rings is 1. The largest absolute Gasteiger partial charge is 0.508 e. The third-order valence-electron chi connectivity index (χ3n) is 1.79. The Morgan fingerprint density at radius 1 is 1.47 bits per heavy atom. The number of carbonyl (C=O) groups is 2. The van der Waals surface area contributed by atoms with E-state index in [1.165, 1.54) is 12.1 Å². The predicted molar refractivity (Wildman–Crippen MR) is 52.3 cm³/mol. The summed E-state index contributed by atoms with van der Waals surface area (Å²) in [6, 6.07) is 4.35. The monoisotopic (exact) mass is 209 g/mol. The third-order valence-corrected chi connectivity index (χ3v) is 1.79. The Labute approximate surface area is 86.5 Å². The van der Waals surface area contributed by atoms with Crippen LogP contribution in [-0.2, 0) is 9.53 Å². The summed E-state index contributed by atoms with van der Waals surface area (Å²) >= 11 is 0. The van der Waals surface area contributed by atoms with Crippen LogP contribution in [0.2, 0.25) is 0 Å². The lowest BCUT2D eigenvalue weighted by atomic mass is 10.1. The van der Waals surface area contributed by atoms with Crippen LogP contribution in [0, 0.1) is 6.92 Å². The molecule has 3 N–H and O–H groups in total. The van der Waals surface area contributed by atoms with E-state index in [2.05, 4.69) is 4.74 Å². The van der Waals surface area contributed by atoms with Crippen molar-refractivity contribution in [2.24, 2.45) is 5.73 Å². The van der Waals surface area contributed by atoms with E-state index in [-0.39, 0.29) is 11.3 Å². The Balaban J connectivity index is 2.74. The molecule has 1 rings (SSSR count). The highest BCUT2D eigenvalue weighted by atomic mass is 16.5. The van der Waals surface area contributed by atoms with Gasteiger partial charge in [-0.15, -0.1) is 0 Å². The molecule has 0 heterocycles. The minimum atomic E-state index is -0.723. The zero-order valence-electron chi connectivity index (χ0n) is 8.19. The molecule has 1 aromatic rings. The predicted octanol–water partition coefficient (Wildman–Crippen LogP) is 0.343. The number of carbonyl (C=O) groups excluding carboxylic acids is 2. The first-order chi connectivity index (χ1) is 7.00. The minimum absolute atomic E-state index is 0.00326. The molecule has 0 unspecified atom stereocenters. The van der Waals surface area contributed by atoms with Crippen molar-refractivity contribution in [2.75, 3.05) is 6.61 Å². The van der Waals surface area contributed by atoms with Crippen molar-refractivity contribution in [3.63, 3.8) is 0 Å². The normalized spacial score (nSPS) is 9.67. The van der Waals surface area contributed by atoms with Crippen molar-refractivity contribution < 1.29 is 19.4 Å². The number of aromatic hydroxyl groups is 1. The van der Waals surface area contributed by atoms with Crippen LogP contribution >= 0.6 is 0 Å². The summed E-state index contributed by atoms with van der Waals surface area (Å²) in [5, 5.41) is 9.33. The fourth-order valence-corrected chi connectivity index (χ4v) is 0.956. The summed E-state index contributed by atoms with van der Waals surface area (Å²) < 4.78 is 4.56. The molecule has 0 aliphatic carbocycles. The fourth-order valence-electron chi connectivity index (χ4n) is 0.956. The van der Waals surface area contributed by atoms with Crippen molar-refractivity contribution in [3.8, 4) is 5.75 Å². The zero-order chi connectivity index (χ0) is 11.4. The number of nitrogens with two attached hydrogens (primary N) is 1. The van der Waals surface area contributed by atoms with Gasteiger partial charge in [0.25, 0.3) is 5.91 Å². The number of phenolic OH excluding ortho intramolecular Hbond substituents is 1. The lowest BCUT2D eigenvalue weighted by Crippen LogP contribution is -2.20. The number of primary amides is 1. The van der Waals surface area contributed by atoms with Gasteiger partial charge in [0, 0.05) is 0 Å². The Bertz CT molecular complexity index is 400. The summed E-state index contributed by atoms with van der Waals surface area (Å²) in [5.74, 6) is -1.41. The fraction of sp³-hybridized carbons (Fsp3) is 0.200. The molecular formula is C10H11NO4. The maximum Gasteiger partial charge on any atom is 0.338 e. The van der Waals surface area contributed by atoms with Crippen LogP contribution in [0.15, 0.2) is 18.2 Å². The molecule has 1 amide bonds. The summed E-state index contributed by atoms with van der Waals surface area (Å²) in [6.45, 7) is 1.24. The first-order valence-electron chi connectivity index (χ1n) is 4.25. The lowest BCUT2D eigenvalue weighted by molar-refractivity contribution is -0.121. The van der Waals surface area contributed by atoms with Gasteiger partial charge >= 0.3 is 5.97 Å². The second-order valence-corrected chi connectivity index (χ2v) is 3.04. The number of ether oxygens (including phenoxy) is 1. The van der Waals surface area contributed by atoms with Crippen molar-refractivity contribution in [3.05, 3.63) is 29.3 Å². The SMILES string of the molecule is Cc1ccc(C(=O)OCC(N)=O)cc1O. The molecule has 0 radical (unpaired) electrons. The number of esters is 1. The minimum Gasteiger partial charge on any atom is -0.508 e.